The third-order valence-electron chi connectivity index (χ3n) is 13.6. The molecule has 5 nitrogen and oxygen atoms in total. The molecule has 0 radical (unpaired) electrons. The molecular weight excluding hydrogens is 901 g/mol. The number of rotatable bonds is 9. The van der Waals surface area contributed by atoms with Crippen LogP contribution >= 0.6 is 0 Å². The molecular formula is C69H76N4O. The van der Waals surface area contributed by atoms with Gasteiger partial charge in [0.15, 0.2) is 0 Å². The first-order valence-corrected chi connectivity index (χ1v) is 25.0. The van der Waals surface area contributed by atoms with Crippen molar-refractivity contribution in [2.75, 3.05) is 10.6 Å². The number of benzene rings is 7. The summed E-state index contributed by atoms with van der Waals surface area (Å²) in [6.07, 6.45) is -10.0. The largest absolute Gasteiger partial charge is 0.457 e. The number of anilines is 4. The quantitative estimate of drug-likeness (QED) is 0.151. The topological polar surface area (TPSA) is 51.1 Å². The average molecular weight is 997 g/mol. The molecule has 9 aromatic rings. The molecule has 0 saturated carbocycles. The summed E-state index contributed by atoms with van der Waals surface area (Å²) in [5, 5.41) is 8.04. The van der Waals surface area contributed by atoms with Gasteiger partial charge in [-0.2, -0.15) is 0 Å². The van der Waals surface area contributed by atoms with Crippen molar-refractivity contribution >= 4 is 44.6 Å². The molecule has 0 saturated heterocycles. The minimum absolute atomic E-state index is 0.0255. The minimum atomic E-state index is -4.09. The fourth-order valence-corrected chi connectivity index (χ4v) is 9.22. The number of aromatic nitrogens is 2. The maximum Gasteiger partial charge on any atom is 0.137 e. The zero-order valence-electron chi connectivity index (χ0n) is 63.3. The molecule has 0 atom stereocenters. The smallest absolute Gasteiger partial charge is 0.137 e. The Hall–Kier alpha value is -7.11. The zero-order chi connectivity index (χ0) is 69.0. The molecule has 0 aliphatic heterocycles. The molecule has 10 rings (SSSR count). The third-order valence-corrected chi connectivity index (χ3v) is 13.6. The lowest BCUT2D eigenvalue weighted by Gasteiger charge is -2.33. The Bertz CT molecular complexity index is 4470. The maximum absolute atomic E-state index is 10.1. The van der Waals surface area contributed by atoms with Crippen LogP contribution in [-0.4, -0.2) is 9.55 Å². The summed E-state index contributed by atoms with van der Waals surface area (Å²) < 4.78 is 182. The number of hydrogen-bond donors (Lipinski definition) is 2. The Morgan fingerprint density at radius 1 is 0.595 bits per heavy atom. The van der Waals surface area contributed by atoms with Gasteiger partial charge < -0.3 is 15.4 Å². The number of nitrogens with zero attached hydrogens (tertiary/aromatic N) is 2. The highest BCUT2D eigenvalue weighted by molar-refractivity contribution is 6.09. The van der Waals surface area contributed by atoms with Crippen molar-refractivity contribution in [3.8, 4) is 39.6 Å². The van der Waals surface area contributed by atoms with Crippen LogP contribution in [0.15, 0.2) is 158 Å². The number of hydrogen-bond acceptors (Lipinski definition) is 4. The van der Waals surface area contributed by atoms with Crippen molar-refractivity contribution in [1.29, 1.82) is 0 Å². The Morgan fingerprint density at radius 2 is 1.24 bits per heavy atom. The van der Waals surface area contributed by atoms with Crippen LogP contribution in [-0.2, 0) is 33.4 Å². The van der Waals surface area contributed by atoms with Gasteiger partial charge in [0.1, 0.15) is 17.3 Å². The second kappa shape index (κ2) is 18.7. The summed E-state index contributed by atoms with van der Waals surface area (Å²) >= 11 is 0. The maximum atomic E-state index is 10.1. The molecule has 2 aromatic heterocycles. The van der Waals surface area contributed by atoms with Gasteiger partial charge in [-0.3, -0.25) is 4.57 Å². The van der Waals surface area contributed by atoms with E-state index in [1.165, 1.54) is 0 Å². The number of fused-ring (bicyclic) bond motifs is 4. The highest BCUT2D eigenvalue weighted by Gasteiger charge is 2.30. The van der Waals surface area contributed by atoms with Gasteiger partial charge >= 0.3 is 0 Å². The summed E-state index contributed by atoms with van der Waals surface area (Å²) in [4.78, 5) is 4.72. The van der Waals surface area contributed by atoms with E-state index in [4.69, 9.17) is 28.9 Å². The Labute approximate surface area is 468 Å². The van der Waals surface area contributed by atoms with E-state index in [9.17, 15) is 6.85 Å². The number of ether oxygens (including phenoxy) is 1. The molecule has 378 valence electrons. The van der Waals surface area contributed by atoms with E-state index < -0.39 is 89.3 Å². The lowest BCUT2D eigenvalue weighted by Crippen LogP contribution is -2.23. The van der Waals surface area contributed by atoms with Crippen molar-refractivity contribution in [1.82, 2.24) is 9.55 Å². The predicted octanol–water partition coefficient (Wildman–Crippen LogP) is 19.6. The van der Waals surface area contributed by atoms with Gasteiger partial charge in [0.2, 0.25) is 0 Å². The first-order chi connectivity index (χ1) is 42.6. The van der Waals surface area contributed by atoms with E-state index in [0.29, 0.717) is 67.4 Å². The van der Waals surface area contributed by atoms with Gasteiger partial charge in [0, 0.05) is 62.4 Å². The minimum Gasteiger partial charge on any atom is -0.457 e. The van der Waals surface area contributed by atoms with Crippen LogP contribution in [0.5, 0.6) is 11.5 Å². The van der Waals surface area contributed by atoms with Gasteiger partial charge in [-0.05, 0) is 157 Å². The lowest BCUT2D eigenvalue weighted by atomic mass is 9.72. The highest BCUT2D eigenvalue weighted by atomic mass is 16.5. The third kappa shape index (κ3) is 10.1. The summed E-state index contributed by atoms with van der Waals surface area (Å²) in [6, 6.07) is 29.0. The molecule has 1 aliphatic rings. The molecule has 0 unspecified atom stereocenters. The van der Waals surface area contributed by atoms with Crippen LogP contribution in [0.25, 0.3) is 49.9 Å². The van der Waals surface area contributed by atoms with Crippen LogP contribution in [0.4, 0.5) is 22.7 Å². The fourth-order valence-electron chi connectivity index (χ4n) is 9.22. The Morgan fingerprint density at radius 3 is 1.93 bits per heavy atom. The van der Waals surface area contributed by atoms with E-state index >= 15 is 0 Å². The molecule has 74 heavy (non-hydrogen) atoms. The fraction of sp³-hybridized carbons (Fsp3) is 0.319. The summed E-state index contributed by atoms with van der Waals surface area (Å²) in [7, 11) is 0. The zero-order valence-corrected chi connectivity index (χ0v) is 44.3. The molecule has 7 aromatic carbocycles. The number of pyridine rings is 1. The van der Waals surface area contributed by atoms with Gasteiger partial charge in [-0.15, -0.1) is 0 Å². The first kappa shape index (κ1) is 32.3. The van der Waals surface area contributed by atoms with Crippen molar-refractivity contribution < 1.29 is 30.8 Å². The van der Waals surface area contributed by atoms with Crippen molar-refractivity contribution in [2.24, 2.45) is 0 Å². The number of para-hydroxylation sites is 3. The monoisotopic (exact) mass is 996 g/mol. The van der Waals surface area contributed by atoms with Crippen LogP contribution in [0.1, 0.15) is 169 Å². The molecule has 0 bridgehead atoms. The van der Waals surface area contributed by atoms with Crippen molar-refractivity contribution in [3.05, 3.63) is 191 Å². The SMILES string of the molecule is [2H]c1c([2H])c2c(c([2H])c1-c1cc(C(C)(C)C)cc(-c3cc(C(C)(C)C)cc(C(C)(C)C)c3)c1Nc1ccccc1Nc1cccc(Oc3ccc4c5c([2H])c([2H])c([2H])c([2H])c5n(-c5cc(C(C)(C)C)ccn5)c4c3)c1)C([2H])([2H])C([2H])([2H])C([2H])([2H])C2(C([2H])([2H])[2H])C([2H])([2H])[2H]. The Balaban J connectivity index is 1.18. The highest BCUT2D eigenvalue weighted by Crippen LogP contribution is 2.48. The van der Waals surface area contributed by atoms with Crippen molar-refractivity contribution in [2.45, 2.75) is 143 Å². The van der Waals surface area contributed by atoms with Crippen LogP contribution in [0.3, 0.4) is 0 Å². The van der Waals surface area contributed by atoms with Crippen LogP contribution < -0.4 is 15.4 Å². The average Bonchev–Trinajstić information content (AvgIpc) is 1.15. The van der Waals surface area contributed by atoms with E-state index in [-0.39, 0.29) is 46.4 Å². The normalized spacial score (nSPS) is 20.1. The van der Waals surface area contributed by atoms with Gasteiger partial charge in [0.25, 0.3) is 0 Å². The standard InChI is InChI=1S/C69H76N4O/c1-65(2,3)47-32-34-70-63(41-47)73-61-27-18-15-24-54(61)55-30-29-53(43-62(55)73)74-52-23-19-22-51(42-52)71-59-25-16-17-26-60(59)72-64-56(44-28-31-58-45(35-44)21-20-33-69(58,13)14)39-50(68(10,11)12)40-57(64)46-36-48(66(4,5)6)38-49(37-46)67(7,8)9/h15-19,22-32,34-43,71-72H,20-21,33H2,1-14H3/i13D3,14D3,15D,18D,20D2,21D2,24D,27D,28D,31D,33D2,35D. The lowest BCUT2D eigenvalue weighted by molar-refractivity contribution is 0.432. The second-order valence-corrected chi connectivity index (χ2v) is 23.4. The molecule has 0 spiro atoms. The van der Waals surface area contributed by atoms with Crippen LogP contribution in [0.2, 0.25) is 0 Å². The molecule has 0 fully saturated rings. The van der Waals surface area contributed by atoms with E-state index in [2.05, 4.69) is 79.0 Å². The summed E-state index contributed by atoms with van der Waals surface area (Å²) in [6.45, 7) is 16.6. The molecule has 0 amide bonds. The molecule has 2 N–H and O–H groups in total. The van der Waals surface area contributed by atoms with Crippen LogP contribution in [0, 0.1) is 0 Å². The molecule has 1 aliphatic carbocycles. The van der Waals surface area contributed by atoms with E-state index in [0.717, 1.165) is 16.7 Å². The van der Waals surface area contributed by atoms with E-state index in [1.54, 1.807) is 77.5 Å². The predicted molar refractivity (Wildman–Crippen MR) is 316 cm³/mol. The van der Waals surface area contributed by atoms with Gasteiger partial charge in [-0.25, -0.2) is 4.98 Å². The molecule has 2 heterocycles. The Kier molecular flexibility index (Phi) is 8.14. The van der Waals surface area contributed by atoms with Gasteiger partial charge in [0.05, 0.1) is 37.7 Å². The van der Waals surface area contributed by atoms with Crippen molar-refractivity contribution in [3.63, 3.8) is 0 Å². The molecule has 5 heteroatoms. The first-order valence-electron chi connectivity index (χ1n) is 34.5. The summed E-state index contributed by atoms with van der Waals surface area (Å²) in [5.41, 5.74) is -1.46. The van der Waals surface area contributed by atoms with E-state index in [1.807, 2.05) is 57.2 Å². The summed E-state index contributed by atoms with van der Waals surface area (Å²) in [5.74, 6) is 1.22. The van der Waals surface area contributed by atoms with Gasteiger partial charge in [-0.1, -0.05) is 169 Å². The second-order valence-electron chi connectivity index (χ2n) is 23.4. The number of nitrogens with one attached hydrogen (secondary N) is 2.